The average Bonchev–Trinajstić information content (AvgIpc) is 3.41. The Balaban J connectivity index is 1.21. The van der Waals surface area contributed by atoms with Gasteiger partial charge in [0.1, 0.15) is 5.75 Å². The van der Waals surface area contributed by atoms with Crippen molar-refractivity contribution in [2.75, 3.05) is 20.2 Å². The molecule has 2 atom stereocenters. The molecular formula is C32H40ClN3O3. The molecule has 2 saturated heterocycles. The van der Waals surface area contributed by atoms with Crippen molar-refractivity contribution in [1.82, 2.24) is 14.8 Å². The summed E-state index contributed by atoms with van der Waals surface area (Å²) in [5.74, 6) is 1.83. The monoisotopic (exact) mass is 549 g/mol. The first-order chi connectivity index (χ1) is 18.8. The number of aryl methyl sites for hydroxylation is 1. The quantitative estimate of drug-likeness (QED) is 0.274. The summed E-state index contributed by atoms with van der Waals surface area (Å²) in [6.45, 7) is 6.69. The molecule has 0 spiro atoms. The third-order valence-corrected chi connectivity index (χ3v) is 8.69. The van der Waals surface area contributed by atoms with Crippen molar-refractivity contribution < 1.29 is 14.3 Å². The number of aromatic nitrogens is 1. The number of hydrogen-bond acceptors (Lipinski definition) is 4. The molecule has 0 saturated carbocycles. The molecule has 2 bridgehead atoms. The first-order valence-corrected chi connectivity index (χ1v) is 14.7. The lowest BCUT2D eigenvalue weighted by Crippen LogP contribution is -2.43. The smallest absolute Gasteiger partial charge is 0.253 e. The Labute approximate surface area is 236 Å². The lowest BCUT2D eigenvalue weighted by molar-refractivity contribution is 0.0807. The first-order valence-electron chi connectivity index (χ1n) is 14.3. The van der Waals surface area contributed by atoms with Gasteiger partial charge in [-0.05, 0) is 74.3 Å². The number of fused-ring (bicyclic) bond motifs is 3. The molecule has 2 fully saturated rings. The number of benzene rings is 2. The molecule has 3 aromatic rings. The number of ketones is 1. The molecule has 39 heavy (non-hydrogen) atoms. The second kappa shape index (κ2) is 12.1. The van der Waals surface area contributed by atoms with Gasteiger partial charge in [0.05, 0.1) is 18.2 Å². The molecule has 1 N–H and O–H groups in total. The fourth-order valence-electron chi connectivity index (χ4n) is 6.60. The summed E-state index contributed by atoms with van der Waals surface area (Å²) in [5.41, 5.74) is 2.45. The van der Waals surface area contributed by atoms with Crippen molar-refractivity contribution in [2.24, 2.45) is 11.8 Å². The van der Waals surface area contributed by atoms with E-state index in [2.05, 4.69) is 28.6 Å². The maximum Gasteiger partial charge on any atom is 0.253 e. The van der Waals surface area contributed by atoms with Crippen LogP contribution in [0, 0.1) is 11.8 Å². The lowest BCUT2D eigenvalue weighted by atomic mass is 9.85. The number of nitrogens with one attached hydrogen (secondary N) is 1. The molecule has 2 aliphatic heterocycles. The van der Waals surface area contributed by atoms with E-state index < -0.39 is 0 Å². The average molecular weight is 550 g/mol. The Morgan fingerprint density at radius 3 is 2.44 bits per heavy atom. The third kappa shape index (κ3) is 6.17. The van der Waals surface area contributed by atoms with Crippen molar-refractivity contribution in [1.29, 1.82) is 0 Å². The number of para-hydroxylation sites is 1. The van der Waals surface area contributed by atoms with Crippen LogP contribution < -0.4 is 10.1 Å². The number of methoxy groups -OCH3 is 1. The van der Waals surface area contributed by atoms with Crippen LogP contribution >= 0.6 is 11.6 Å². The third-order valence-electron chi connectivity index (χ3n) is 8.43. The van der Waals surface area contributed by atoms with Crippen LogP contribution in [0.3, 0.4) is 0 Å². The number of carbonyl (C=O) groups is 2. The van der Waals surface area contributed by atoms with Gasteiger partial charge in [0, 0.05) is 60.3 Å². The number of halogens is 1. The Morgan fingerprint density at radius 2 is 1.77 bits per heavy atom. The number of amides is 1. The van der Waals surface area contributed by atoms with E-state index >= 15 is 0 Å². The van der Waals surface area contributed by atoms with Gasteiger partial charge < -0.3 is 14.6 Å². The van der Waals surface area contributed by atoms with Crippen LogP contribution in [0.4, 0.5) is 0 Å². The summed E-state index contributed by atoms with van der Waals surface area (Å²) in [6.07, 6.45) is 8.24. The minimum absolute atomic E-state index is 0.0334. The number of rotatable bonds is 11. The van der Waals surface area contributed by atoms with Gasteiger partial charge in [-0.15, -0.1) is 0 Å². The Hall–Kier alpha value is -2.83. The van der Waals surface area contributed by atoms with E-state index in [9.17, 15) is 9.59 Å². The molecule has 5 rings (SSSR count). The molecule has 1 amide bonds. The largest absolute Gasteiger partial charge is 0.495 e. The zero-order valence-corrected chi connectivity index (χ0v) is 24.0. The van der Waals surface area contributed by atoms with Crippen LogP contribution in [0.15, 0.2) is 48.7 Å². The zero-order chi connectivity index (χ0) is 27.5. The molecule has 2 aliphatic rings. The van der Waals surface area contributed by atoms with Gasteiger partial charge in [-0.1, -0.05) is 37.6 Å². The van der Waals surface area contributed by atoms with E-state index in [0.29, 0.717) is 47.5 Å². The van der Waals surface area contributed by atoms with E-state index in [4.69, 9.17) is 16.3 Å². The Kier molecular flexibility index (Phi) is 8.63. The predicted molar refractivity (Wildman–Crippen MR) is 157 cm³/mol. The van der Waals surface area contributed by atoms with Gasteiger partial charge in [-0.25, -0.2) is 0 Å². The van der Waals surface area contributed by atoms with E-state index in [1.807, 2.05) is 36.5 Å². The molecule has 208 valence electrons. The highest BCUT2D eigenvalue weighted by Gasteiger charge is 2.40. The first kappa shape index (κ1) is 27.7. The highest BCUT2D eigenvalue weighted by Crippen LogP contribution is 2.40. The number of carbonyl (C=O) groups excluding carboxylic acids is 2. The highest BCUT2D eigenvalue weighted by atomic mass is 35.5. The molecule has 7 heteroatoms. The van der Waals surface area contributed by atoms with Crippen molar-refractivity contribution >= 4 is 34.2 Å². The van der Waals surface area contributed by atoms with Crippen LogP contribution in [0.5, 0.6) is 5.75 Å². The molecular weight excluding hydrogens is 510 g/mol. The molecule has 2 aromatic carbocycles. The number of piperidine rings is 1. The highest BCUT2D eigenvalue weighted by molar-refractivity contribution is 6.30. The summed E-state index contributed by atoms with van der Waals surface area (Å²) in [4.78, 5) is 28.5. The van der Waals surface area contributed by atoms with Crippen LogP contribution in [0.2, 0.25) is 5.02 Å². The van der Waals surface area contributed by atoms with Crippen molar-refractivity contribution in [2.45, 2.75) is 71.0 Å². The minimum Gasteiger partial charge on any atom is -0.495 e. The zero-order valence-electron chi connectivity index (χ0n) is 23.3. The second-order valence-electron chi connectivity index (χ2n) is 11.6. The minimum atomic E-state index is -0.0334. The maximum absolute atomic E-state index is 13.0. The van der Waals surface area contributed by atoms with Crippen LogP contribution in [0.1, 0.15) is 73.1 Å². The molecule has 6 nitrogen and oxygen atoms in total. The number of ether oxygens (including phenoxy) is 1. The normalized spacial score (nSPS) is 21.0. The fraction of sp³-hybridized carbons (Fsp3) is 0.500. The van der Waals surface area contributed by atoms with Gasteiger partial charge in [-0.2, -0.15) is 0 Å². The van der Waals surface area contributed by atoms with E-state index in [1.54, 1.807) is 19.2 Å². The molecule has 0 aliphatic carbocycles. The molecule has 3 heterocycles. The SMILES string of the molecule is COc1cccc2c(C(=O)NCC(C)C)cn(CCCN3C4CCC3CC(CC(=O)c3ccc(Cl)cc3)C4)c12. The van der Waals surface area contributed by atoms with Crippen molar-refractivity contribution in [3.63, 3.8) is 0 Å². The van der Waals surface area contributed by atoms with Gasteiger partial charge in [0.2, 0.25) is 0 Å². The summed E-state index contributed by atoms with van der Waals surface area (Å²) in [5, 5.41) is 4.66. The van der Waals surface area contributed by atoms with Crippen molar-refractivity contribution in [3.05, 3.63) is 64.8 Å². The van der Waals surface area contributed by atoms with E-state index in [0.717, 1.165) is 54.6 Å². The molecule has 1 aromatic heterocycles. The van der Waals surface area contributed by atoms with Crippen LogP contribution in [-0.2, 0) is 6.54 Å². The van der Waals surface area contributed by atoms with Gasteiger partial charge >= 0.3 is 0 Å². The van der Waals surface area contributed by atoms with Gasteiger partial charge in [0.15, 0.2) is 5.78 Å². The van der Waals surface area contributed by atoms with Crippen molar-refractivity contribution in [3.8, 4) is 5.75 Å². The lowest BCUT2D eigenvalue weighted by Gasteiger charge is -2.39. The van der Waals surface area contributed by atoms with E-state index in [1.165, 1.54) is 12.8 Å². The Morgan fingerprint density at radius 1 is 1.05 bits per heavy atom. The number of hydrogen-bond donors (Lipinski definition) is 1. The summed E-state index contributed by atoms with van der Waals surface area (Å²) >= 11 is 5.99. The van der Waals surface area contributed by atoms with Crippen LogP contribution in [-0.4, -0.2) is 53.4 Å². The maximum atomic E-state index is 13.0. The summed E-state index contributed by atoms with van der Waals surface area (Å²) < 4.78 is 7.88. The summed E-state index contributed by atoms with van der Waals surface area (Å²) in [7, 11) is 1.68. The predicted octanol–water partition coefficient (Wildman–Crippen LogP) is 6.60. The van der Waals surface area contributed by atoms with E-state index in [-0.39, 0.29) is 11.7 Å². The molecule has 2 unspecified atom stereocenters. The number of nitrogens with zero attached hydrogens (tertiary/aromatic N) is 2. The standard InChI is InChI=1S/C32H40ClN3O3/c1-21(2)19-34-32(38)28-20-35(31-27(28)6-4-7-30(31)39-3)14-5-15-36-25-12-13-26(36)17-22(16-25)18-29(37)23-8-10-24(33)11-9-23/h4,6-11,20-22,25-26H,5,12-19H2,1-3H3,(H,34,38). The molecule has 0 radical (unpaired) electrons. The number of Topliss-reactive ketones (excluding diaryl/α,β-unsaturated/α-hetero) is 1. The topological polar surface area (TPSA) is 63.6 Å². The van der Waals surface area contributed by atoms with Gasteiger partial charge in [-0.3, -0.25) is 14.5 Å². The second-order valence-corrected chi connectivity index (χ2v) is 12.1. The van der Waals surface area contributed by atoms with Crippen LogP contribution in [0.25, 0.3) is 10.9 Å². The summed E-state index contributed by atoms with van der Waals surface area (Å²) in [6, 6.07) is 14.3. The van der Waals surface area contributed by atoms with Gasteiger partial charge in [0.25, 0.3) is 5.91 Å². The fourth-order valence-corrected chi connectivity index (χ4v) is 6.72. The Bertz CT molecular complexity index is 1300.